The molecular weight excluding hydrogens is 124 g/mol. The predicted octanol–water partition coefficient (Wildman–Crippen LogP) is -0.646. The summed E-state index contributed by atoms with van der Waals surface area (Å²) >= 11 is 1.65. The predicted molar refractivity (Wildman–Crippen MR) is 33.5 cm³/mol. The third-order valence-electron chi connectivity index (χ3n) is 0.832. The number of hydrogen-bond acceptors (Lipinski definition) is 3. The van der Waals surface area contributed by atoms with Gasteiger partial charge in [-0.3, -0.25) is 10.2 Å². The van der Waals surface area contributed by atoms with E-state index in [9.17, 15) is 4.79 Å². The van der Waals surface area contributed by atoms with Crippen LogP contribution >= 0.6 is 11.8 Å². The molecule has 0 aliphatic carbocycles. The van der Waals surface area contributed by atoms with Crippen molar-refractivity contribution < 1.29 is 4.79 Å². The molecule has 1 fully saturated rings. The van der Waals surface area contributed by atoms with Gasteiger partial charge in [-0.1, -0.05) is 0 Å². The van der Waals surface area contributed by atoms with Crippen molar-refractivity contribution in [2.75, 3.05) is 18.1 Å². The lowest BCUT2D eigenvalue weighted by Gasteiger charge is -1.96. The summed E-state index contributed by atoms with van der Waals surface area (Å²) in [5, 5.41) is 0. The summed E-state index contributed by atoms with van der Waals surface area (Å²) in [6, 6.07) is 0. The molecule has 0 aromatic heterocycles. The number of carbonyl (C=O) groups is 1. The zero-order chi connectivity index (χ0) is 5.82. The Hall–Kier alpha value is -0.220. The summed E-state index contributed by atoms with van der Waals surface area (Å²) < 4.78 is 0. The summed E-state index contributed by atoms with van der Waals surface area (Å²) in [4.78, 5) is 10.5. The topological polar surface area (TPSA) is 41.1 Å². The summed E-state index contributed by atoms with van der Waals surface area (Å²) in [5.74, 6) is 1.68. The zero-order valence-corrected chi connectivity index (χ0v) is 5.25. The number of rotatable bonds is 0. The second-order valence-electron chi connectivity index (χ2n) is 1.53. The zero-order valence-electron chi connectivity index (χ0n) is 4.44. The molecule has 0 bridgehead atoms. The van der Waals surface area contributed by atoms with Gasteiger partial charge in [-0.05, 0) is 0 Å². The van der Waals surface area contributed by atoms with Gasteiger partial charge in [-0.25, -0.2) is 5.43 Å². The summed E-state index contributed by atoms with van der Waals surface area (Å²) in [5.41, 5.74) is 5.31. The molecule has 0 aromatic carbocycles. The standard InChI is InChI=1S/C4H8N2OS/c7-4-3-8-2-1-5-6-4/h5H,1-3H2,(H,6,7). The molecule has 2 N–H and O–H groups in total. The fourth-order valence-electron chi connectivity index (χ4n) is 0.485. The van der Waals surface area contributed by atoms with E-state index >= 15 is 0 Å². The van der Waals surface area contributed by atoms with E-state index in [0.717, 1.165) is 12.3 Å². The molecule has 0 atom stereocenters. The Kier molecular flexibility index (Phi) is 2.17. The summed E-state index contributed by atoms with van der Waals surface area (Å²) in [6.07, 6.45) is 0. The van der Waals surface area contributed by atoms with Crippen LogP contribution in [-0.4, -0.2) is 24.0 Å². The fraction of sp³-hybridized carbons (Fsp3) is 0.750. The minimum Gasteiger partial charge on any atom is -0.291 e. The first-order valence-electron chi connectivity index (χ1n) is 2.49. The number of carbonyl (C=O) groups excluding carboxylic acids is 1. The minimum atomic E-state index is 0.0764. The Morgan fingerprint density at radius 3 is 3.38 bits per heavy atom. The molecule has 0 spiro atoms. The smallest absolute Gasteiger partial charge is 0.244 e. The van der Waals surface area contributed by atoms with Crippen LogP contribution in [0, 0.1) is 0 Å². The van der Waals surface area contributed by atoms with Crippen LogP contribution in [0.5, 0.6) is 0 Å². The van der Waals surface area contributed by atoms with Gasteiger partial charge in [0.15, 0.2) is 0 Å². The molecule has 1 saturated heterocycles. The molecule has 0 aromatic rings. The molecule has 1 rings (SSSR count). The Morgan fingerprint density at radius 2 is 2.50 bits per heavy atom. The molecule has 46 valence electrons. The Morgan fingerprint density at radius 1 is 1.62 bits per heavy atom. The van der Waals surface area contributed by atoms with E-state index in [0.29, 0.717) is 5.75 Å². The van der Waals surface area contributed by atoms with Crippen LogP contribution in [0.2, 0.25) is 0 Å². The van der Waals surface area contributed by atoms with Crippen molar-refractivity contribution in [1.82, 2.24) is 10.9 Å². The normalized spacial score (nSPS) is 21.8. The molecule has 1 aliphatic rings. The highest BCUT2D eigenvalue weighted by molar-refractivity contribution is 7.99. The van der Waals surface area contributed by atoms with Gasteiger partial charge in [0.25, 0.3) is 0 Å². The van der Waals surface area contributed by atoms with Gasteiger partial charge in [0.05, 0.1) is 5.75 Å². The lowest BCUT2D eigenvalue weighted by Crippen LogP contribution is -2.36. The quantitative estimate of drug-likeness (QED) is 0.460. The molecular formula is C4H8N2OS. The van der Waals surface area contributed by atoms with Crippen molar-refractivity contribution in [3.63, 3.8) is 0 Å². The van der Waals surface area contributed by atoms with Crippen molar-refractivity contribution in [2.24, 2.45) is 0 Å². The van der Waals surface area contributed by atoms with Gasteiger partial charge < -0.3 is 0 Å². The van der Waals surface area contributed by atoms with Crippen LogP contribution < -0.4 is 10.9 Å². The number of thioether (sulfide) groups is 1. The van der Waals surface area contributed by atoms with Gasteiger partial charge in [0.1, 0.15) is 0 Å². The van der Waals surface area contributed by atoms with Crippen molar-refractivity contribution in [3.8, 4) is 0 Å². The van der Waals surface area contributed by atoms with Crippen LogP contribution in [0.25, 0.3) is 0 Å². The Labute approximate surface area is 52.2 Å². The first-order chi connectivity index (χ1) is 3.89. The largest absolute Gasteiger partial charge is 0.291 e. The highest BCUT2D eigenvalue weighted by Crippen LogP contribution is 1.98. The second-order valence-corrected chi connectivity index (χ2v) is 2.63. The van der Waals surface area contributed by atoms with E-state index in [4.69, 9.17) is 0 Å². The van der Waals surface area contributed by atoms with E-state index in [1.807, 2.05) is 0 Å². The number of nitrogens with one attached hydrogen (secondary N) is 2. The molecule has 0 unspecified atom stereocenters. The fourth-order valence-corrected chi connectivity index (χ4v) is 1.13. The van der Waals surface area contributed by atoms with Crippen LogP contribution in [0.1, 0.15) is 0 Å². The highest BCUT2D eigenvalue weighted by Gasteiger charge is 2.03. The average Bonchev–Trinajstić information content (AvgIpc) is 1.94. The van der Waals surface area contributed by atoms with Gasteiger partial charge in [0.2, 0.25) is 5.91 Å². The first-order valence-corrected chi connectivity index (χ1v) is 3.64. The molecule has 1 heterocycles. The van der Waals surface area contributed by atoms with E-state index in [1.165, 1.54) is 0 Å². The lowest BCUT2D eigenvalue weighted by atomic mass is 10.7. The average molecular weight is 132 g/mol. The number of amides is 1. The molecule has 0 radical (unpaired) electrons. The molecule has 1 amide bonds. The molecule has 4 heteroatoms. The Bertz CT molecular complexity index is 86.0. The lowest BCUT2D eigenvalue weighted by molar-refractivity contribution is -0.119. The van der Waals surface area contributed by atoms with Crippen LogP contribution in [-0.2, 0) is 4.79 Å². The maximum Gasteiger partial charge on any atom is 0.244 e. The molecule has 8 heavy (non-hydrogen) atoms. The first kappa shape index (κ1) is 5.91. The van der Waals surface area contributed by atoms with Crippen LogP contribution in [0.3, 0.4) is 0 Å². The summed E-state index contributed by atoms with van der Waals surface area (Å²) in [7, 11) is 0. The molecule has 0 saturated carbocycles. The van der Waals surface area contributed by atoms with E-state index < -0.39 is 0 Å². The highest BCUT2D eigenvalue weighted by atomic mass is 32.2. The maximum atomic E-state index is 10.5. The van der Waals surface area contributed by atoms with Crippen molar-refractivity contribution in [2.45, 2.75) is 0 Å². The maximum absolute atomic E-state index is 10.5. The minimum absolute atomic E-state index is 0.0764. The third kappa shape index (κ3) is 1.71. The third-order valence-corrected chi connectivity index (χ3v) is 1.79. The van der Waals surface area contributed by atoms with E-state index in [1.54, 1.807) is 11.8 Å². The molecule has 3 nitrogen and oxygen atoms in total. The monoisotopic (exact) mass is 132 g/mol. The van der Waals surface area contributed by atoms with Gasteiger partial charge >= 0.3 is 0 Å². The van der Waals surface area contributed by atoms with Gasteiger partial charge in [-0.2, -0.15) is 11.8 Å². The second kappa shape index (κ2) is 2.94. The number of hydrazine groups is 1. The number of hydrogen-bond donors (Lipinski definition) is 2. The molecule has 1 aliphatic heterocycles. The Balaban J connectivity index is 2.27. The van der Waals surface area contributed by atoms with E-state index in [-0.39, 0.29) is 5.91 Å². The van der Waals surface area contributed by atoms with Crippen LogP contribution in [0.4, 0.5) is 0 Å². The van der Waals surface area contributed by atoms with Gasteiger partial charge in [0, 0.05) is 12.3 Å². The summed E-state index contributed by atoms with van der Waals surface area (Å²) in [6.45, 7) is 0.871. The van der Waals surface area contributed by atoms with E-state index in [2.05, 4.69) is 10.9 Å². The van der Waals surface area contributed by atoms with Crippen molar-refractivity contribution >= 4 is 17.7 Å². The van der Waals surface area contributed by atoms with Crippen molar-refractivity contribution in [1.29, 1.82) is 0 Å². The van der Waals surface area contributed by atoms with Crippen molar-refractivity contribution in [3.05, 3.63) is 0 Å². The van der Waals surface area contributed by atoms with Crippen LogP contribution in [0.15, 0.2) is 0 Å². The SMILES string of the molecule is O=C1CSCCNN1. The van der Waals surface area contributed by atoms with Gasteiger partial charge in [-0.15, -0.1) is 0 Å².